The summed E-state index contributed by atoms with van der Waals surface area (Å²) in [5.41, 5.74) is -0.690. The molecular weight excluding hydrogens is 303 g/mol. The number of hydrogen-bond donors (Lipinski definition) is 2. The number of hydrogen-bond acceptors (Lipinski definition) is 4. The summed E-state index contributed by atoms with van der Waals surface area (Å²) in [6.07, 6.45) is 0. The van der Waals surface area contributed by atoms with Crippen molar-refractivity contribution in [1.82, 2.24) is 0 Å². The van der Waals surface area contributed by atoms with Crippen LogP contribution in [0.3, 0.4) is 0 Å². The molecule has 0 bridgehead atoms. The number of carbonyl (C=O) groups is 1. The Bertz CT molecular complexity index is 736. The van der Waals surface area contributed by atoms with E-state index in [4.69, 9.17) is 11.6 Å². The molecule has 0 saturated heterocycles. The Balaban J connectivity index is 2.32. The van der Waals surface area contributed by atoms with Crippen LogP contribution in [0.25, 0.3) is 0 Å². The summed E-state index contributed by atoms with van der Waals surface area (Å²) in [7, 11) is 0. The van der Waals surface area contributed by atoms with E-state index < -0.39 is 22.3 Å². The van der Waals surface area contributed by atoms with E-state index in [1.165, 1.54) is 18.2 Å². The Hall–Kier alpha value is -2.67. The molecule has 0 aliphatic heterocycles. The van der Waals surface area contributed by atoms with Gasteiger partial charge in [-0.15, -0.1) is 0 Å². The van der Waals surface area contributed by atoms with Gasteiger partial charge in [0, 0.05) is 5.69 Å². The van der Waals surface area contributed by atoms with E-state index in [0.29, 0.717) is 6.07 Å². The molecule has 0 aromatic heterocycles. The van der Waals surface area contributed by atoms with E-state index in [9.17, 15) is 24.4 Å². The minimum atomic E-state index is -0.845. The quantitative estimate of drug-likeness (QED) is 0.516. The molecule has 2 N–H and O–H groups in total. The lowest BCUT2D eigenvalue weighted by Gasteiger charge is -2.07. The maximum absolute atomic E-state index is 13.0. The standard InChI is InChI=1S/C13H8ClFN2O4/c14-10-6-8(2-4-12(10)18)16-13(19)9-3-1-7(15)5-11(9)17(20)21/h1-6,18H,(H,16,19). The zero-order chi connectivity index (χ0) is 15.6. The van der Waals surface area contributed by atoms with E-state index in [1.807, 2.05) is 0 Å². The SMILES string of the molecule is O=C(Nc1ccc(O)c(Cl)c1)c1ccc(F)cc1[N+](=O)[O-]. The zero-order valence-electron chi connectivity index (χ0n) is 10.3. The summed E-state index contributed by atoms with van der Waals surface area (Å²) >= 11 is 5.69. The number of nitro groups is 1. The van der Waals surface area contributed by atoms with Crippen LogP contribution in [-0.4, -0.2) is 15.9 Å². The first-order valence-electron chi connectivity index (χ1n) is 5.62. The molecule has 0 atom stereocenters. The Morgan fingerprint density at radius 2 is 2.00 bits per heavy atom. The molecule has 6 nitrogen and oxygen atoms in total. The van der Waals surface area contributed by atoms with Gasteiger partial charge in [-0.2, -0.15) is 0 Å². The van der Waals surface area contributed by atoms with Crippen molar-refractivity contribution >= 4 is 28.9 Å². The monoisotopic (exact) mass is 310 g/mol. The highest BCUT2D eigenvalue weighted by molar-refractivity contribution is 6.32. The van der Waals surface area contributed by atoms with E-state index in [-0.39, 0.29) is 22.0 Å². The number of nitrogens with zero attached hydrogens (tertiary/aromatic N) is 1. The predicted molar refractivity (Wildman–Crippen MR) is 74.1 cm³/mol. The molecule has 2 aromatic carbocycles. The van der Waals surface area contributed by atoms with Crippen molar-refractivity contribution in [2.75, 3.05) is 5.32 Å². The molecular formula is C13H8ClFN2O4. The van der Waals surface area contributed by atoms with Gasteiger partial charge in [-0.25, -0.2) is 4.39 Å². The number of rotatable bonds is 3. The van der Waals surface area contributed by atoms with Crippen LogP contribution in [0, 0.1) is 15.9 Å². The van der Waals surface area contributed by atoms with Gasteiger partial charge in [0.2, 0.25) is 0 Å². The molecule has 0 saturated carbocycles. The summed E-state index contributed by atoms with van der Waals surface area (Å²) in [5, 5.41) is 22.5. The maximum Gasteiger partial charge on any atom is 0.285 e. The Morgan fingerprint density at radius 1 is 1.29 bits per heavy atom. The minimum Gasteiger partial charge on any atom is -0.506 e. The lowest BCUT2D eigenvalue weighted by atomic mass is 10.1. The van der Waals surface area contributed by atoms with Crippen LogP contribution in [0.4, 0.5) is 15.8 Å². The lowest BCUT2D eigenvalue weighted by molar-refractivity contribution is -0.385. The molecule has 0 radical (unpaired) electrons. The predicted octanol–water partition coefficient (Wildman–Crippen LogP) is 3.35. The summed E-state index contributed by atoms with van der Waals surface area (Å²) < 4.78 is 13.0. The van der Waals surface area contributed by atoms with Crippen molar-refractivity contribution in [1.29, 1.82) is 0 Å². The number of aromatic hydroxyl groups is 1. The number of nitro benzene ring substituents is 1. The van der Waals surface area contributed by atoms with Gasteiger partial charge < -0.3 is 10.4 Å². The minimum absolute atomic E-state index is 0.0152. The lowest BCUT2D eigenvalue weighted by Crippen LogP contribution is -2.14. The zero-order valence-corrected chi connectivity index (χ0v) is 11.1. The molecule has 0 spiro atoms. The Kier molecular flexibility index (Phi) is 4.04. The first kappa shape index (κ1) is 14.7. The second-order valence-corrected chi connectivity index (χ2v) is 4.45. The number of amides is 1. The van der Waals surface area contributed by atoms with Crippen LogP contribution >= 0.6 is 11.6 Å². The fourth-order valence-electron chi connectivity index (χ4n) is 1.63. The van der Waals surface area contributed by atoms with Crippen LogP contribution in [0.5, 0.6) is 5.75 Å². The van der Waals surface area contributed by atoms with Gasteiger partial charge >= 0.3 is 0 Å². The van der Waals surface area contributed by atoms with Gasteiger partial charge in [0.05, 0.1) is 16.0 Å². The first-order valence-corrected chi connectivity index (χ1v) is 6.00. The molecule has 0 aliphatic carbocycles. The van der Waals surface area contributed by atoms with E-state index in [2.05, 4.69) is 5.32 Å². The average Bonchev–Trinajstić information content (AvgIpc) is 2.42. The molecule has 0 heterocycles. The second kappa shape index (κ2) is 5.76. The third-order valence-electron chi connectivity index (χ3n) is 2.61. The average molecular weight is 311 g/mol. The van der Waals surface area contributed by atoms with Gasteiger partial charge in [-0.1, -0.05) is 11.6 Å². The van der Waals surface area contributed by atoms with Crippen LogP contribution in [0.15, 0.2) is 36.4 Å². The molecule has 2 rings (SSSR count). The maximum atomic E-state index is 13.0. The molecule has 21 heavy (non-hydrogen) atoms. The fraction of sp³-hybridized carbons (Fsp3) is 0. The smallest absolute Gasteiger partial charge is 0.285 e. The van der Waals surface area contributed by atoms with Crippen LogP contribution in [0.2, 0.25) is 5.02 Å². The van der Waals surface area contributed by atoms with Crippen molar-refractivity contribution in [2.24, 2.45) is 0 Å². The molecule has 2 aromatic rings. The van der Waals surface area contributed by atoms with Crippen LogP contribution in [0.1, 0.15) is 10.4 Å². The van der Waals surface area contributed by atoms with Crippen LogP contribution in [-0.2, 0) is 0 Å². The largest absolute Gasteiger partial charge is 0.506 e. The first-order chi connectivity index (χ1) is 9.88. The van der Waals surface area contributed by atoms with Gasteiger partial charge in [-0.05, 0) is 30.3 Å². The van der Waals surface area contributed by atoms with E-state index in [1.54, 1.807) is 0 Å². The van der Waals surface area contributed by atoms with Crippen molar-refractivity contribution in [3.05, 3.63) is 62.9 Å². The summed E-state index contributed by atoms with van der Waals surface area (Å²) in [5.74, 6) is -1.77. The molecule has 0 aliphatic rings. The summed E-state index contributed by atoms with van der Waals surface area (Å²) in [6.45, 7) is 0. The van der Waals surface area contributed by atoms with E-state index in [0.717, 1.165) is 12.1 Å². The molecule has 8 heteroatoms. The fourth-order valence-corrected chi connectivity index (χ4v) is 1.81. The van der Waals surface area contributed by atoms with Crippen molar-refractivity contribution in [2.45, 2.75) is 0 Å². The Morgan fingerprint density at radius 3 is 2.62 bits per heavy atom. The number of phenolic OH excluding ortho intramolecular Hbond substituents is 1. The van der Waals surface area contributed by atoms with Gasteiger partial charge in [0.1, 0.15) is 17.1 Å². The number of phenols is 1. The third kappa shape index (κ3) is 3.26. The number of nitrogens with one attached hydrogen (secondary N) is 1. The van der Waals surface area contributed by atoms with Crippen molar-refractivity contribution < 1.29 is 19.2 Å². The molecule has 1 amide bonds. The molecule has 108 valence electrons. The van der Waals surface area contributed by atoms with Gasteiger partial charge in [0.25, 0.3) is 11.6 Å². The highest BCUT2D eigenvalue weighted by atomic mass is 35.5. The topological polar surface area (TPSA) is 92.5 Å². The second-order valence-electron chi connectivity index (χ2n) is 4.04. The van der Waals surface area contributed by atoms with Gasteiger partial charge in [0.15, 0.2) is 0 Å². The normalized spacial score (nSPS) is 10.2. The summed E-state index contributed by atoms with van der Waals surface area (Å²) in [4.78, 5) is 22.0. The van der Waals surface area contributed by atoms with Gasteiger partial charge in [-0.3, -0.25) is 14.9 Å². The Labute approximate surface area is 122 Å². The summed E-state index contributed by atoms with van der Waals surface area (Å²) in [6, 6.07) is 6.55. The van der Waals surface area contributed by atoms with Crippen molar-refractivity contribution in [3.63, 3.8) is 0 Å². The molecule has 0 fully saturated rings. The van der Waals surface area contributed by atoms with Crippen molar-refractivity contribution in [3.8, 4) is 5.75 Å². The third-order valence-corrected chi connectivity index (χ3v) is 2.91. The number of carbonyl (C=O) groups excluding carboxylic acids is 1. The number of benzene rings is 2. The van der Waals surface area contributed by atoms with Crippen LogP contribution < -0.4 is 5.32 Å². The van der Waals surface area contributed by atoms with E-state index >= 15 is 0 Å². The highest BCUT2D eigenvalue weighted by Gasteiger charge is 2.21. The molecule has 0 unspecified atom stereocenters. The highest BCUT2D eigenvalue weighted by Crippen LogP contribution is 2.27. The number of halogens is 2. The number of anilines is 1.